The Kier molecular flexibility index (Phi) is 3.50. The Morgan fingerprint density at radius 3 is 2.72 bits per heavy atom. The fourth-order valence-corrected chi connectivity index (χ4v) is 1.76. The van der Waals surface area contributed by atoms with Crippen molar-refractivity contribution < 1.29 is 9.50 Å². The van der Waals surface area contributed by atoms with Crippen LogP contribution in [-0.4, -0.2) is 15.8 Å². The number of halogens is 1. The maximum absolute atomic E-state index is 12.7. The molecule has 0 unspecified atom stereocenters. The third-order valence-corrected chi connectivity index (χ3v) is 2.78. The summed E-state index contributed by atoms with van der Waals surface area (Å²) >= 11 is 1.11. The van der Waals surface area contributed by atoms with E-state index < -0.39 is 0 Å². The monoisotopic (exact) mass is 262 g/mol. The summed E-state index contributed by atoms with van der Waals surface area (Å²) in [5.41, 5.74) is 3.21. The van der Waals surface area contributed by atoms with Crippen molar-refractivity contribution in [1.82, 2.24) is 4.98 Å². The first kappa shape index (κ1) is 12.0. The minimum atomic E-state index is -0.352. The number of benzene rings is 1. The van der Waals surface area contributed by atoms with E-state index in [-0.39, 0.29) is 17.4 Å². The number of nitrogens with zero attached hydrogens (tertiary/aromatic N) is 3. The second-order valence-corrected chi connectivity index (χ2v) is 4.06. The first-order valence-electron chi connectivity index (χ1n) is 4.83. The number of anilines is 1. The standard InChI is InChI=1S/C11H7FN4OS/c12-7-1-3-8(4-2-7)15-16-9(5-13)11-14-10(17)6-18-11/h1-4,6,15,17H/b16-9-. The molecule has 1 aromatic carbocycles. The minimum absolute atomic E-state index is 0.0459. The molecule has 0 saturated heterocycles. The molecule has 0 fully saturated rings. The minimum Gasteiger partial charge on any atom is -0.493 e. The van der Waals surface area contributed by atoms with Gasteiger partial charge >= 0.3 is 0 Å². The van der Waals surface area contributed by atoms with Crippen LogP contribution < -0.4 is 5.43 Å². The lowest BCUT2D eigenvalue weighted by Crippen LogP contribution is -2.01. The third-order valence-electron chi connectivity index (χ3n) is 1.94. The van der Waals surface area contributed by atoms with Gasteiger partial charge < -0.3 is 5.11 Å². The summed E-state index contributed by atoms with van der Waals surface area (Å²) < 4.78 is 12.7. The molecule has 5 nitrogen and oxygen atoms in total. The molecule has 0 aliphatic heterocycles. The van der Waals surface area contributed by atoms with Gasteiger partial charge in [0.15, 0.2) is 10.7 Å². The van der Waals surface area contributed by atoms with Gasteiger partial charge in [0.2, 0.25) is 5.88 Å². The summed E-state index contributed by atoms with van der Waals surface area (Å²) in [4.78, 5) is 3.73. The Morgan fingerprint density at radius 2 is 2.17 bits per heavy atom. The topological polar surface area (TPSA) is 81.3 Å². The molecule has 0 aliphatic rings. The molecular weight excluding hydrogens is 255 g/mol. The van der Waals surface area contributed by atoms with Gasteiger partial charge in [0.1, 0.15) is 11.9 Å². The van der Waals surface area contributed by atoms with Crippen molar-refractivity contribution in [2.24, 2.45) is 5.10 Å². The number of thiazole rings is 1. The molecule has 0 radical (unpaired) electrons. The summed E-state index contributed by atoms with van der Waals surface area (Å²) in [6.07, 6.45) is 0. The lowest BCUT2D eigenvalue weighted by Gasteiger charge is -1.99. The molecule has 7 heteroatoms. The average Bonchev–Trinajstić information content (AvgIpc) is 2.79. The van der Waals surface area contributed by atoms with Gasteiger partial charge in [-0.15, -0.1) is 11.3 Å². The van der Waals surface area contributed by atoms with Crippen molar-refractivity contribution >= 4 is 22.7 Å². The van der Waals surface area contributed by atoms with Crippen LogP contribution in [0.25, 0.3) is 0 Å². The maximum atomic E-state index is 12.7. The van der Waals surface area contributed by atoms with E-state index in [0.717, 1.165) is 11.3 Å². The lowest BCUT2D eigenvalue weighted by atomic mass is 10.3. The molecule has 2 aromatic rings. The van der Waals surface area contributed by atoms with E-state index in [2.05, 4.69) is 15.5 Å². The molecule has 0 amide bonds. The highest BCUT2D eigenvalue weighted by Crippen LogP contribution is 2.15. The van der Waals surface area contributed by atoms with E-state index in [1.165, 1.54) is 29.6 Å². The van der Waals surface area contributed by atoms with E-state index in [9.17, 15) is 4.39 Å². The van der Waals surface area contributed by atoms with E-state index in [0.29, 0.717) is 10.7 Å². The van der Waals surface area contributed by atoms with Crippen molar-refractivity contribution in [3.05, 3.63) is 40.5 Å². The quantitative estimate of drug-likeness (QED) is 0.657. The molecule has 0 bridgehead atoms. The Balaban J connectivity index is 2.16. The Hall–Kier alpha value is -2.46. The van der Waals surface area contributed by atoms with Crippen molar-refractivity contribution in [2.75, 3.05) is 5.43 Å². The van der Waals surface area contributed by atoms with E-state index >= 15 is 0 Å². The molecule has 1 aromatic heterocycles. The highest BCUT2D eigenvalue weighted by atomic mass is 32.1. The molecule has 2 N–H and O–H groups in total. The molecule has 90 valence electrons. The van der Waals surface area contributed by atoms with Gasteiger partial charge in [-0.25, -0.2) is 4.39 Å². The number of rotatable bonds is 3. The molecule has 1 heterocycles. The van der Waals surface area contributed by atoms with Crippen LogP contribution in [0.5, 0.6) is 5.88 Å². The van der Waals surface area contributed by atoms with Gasteiger partial charge in [-0.3, -0.25) is 5.43 Å². The average molecular weight is 262 g/mol. The van der Waals surface area contributed by atoms with Crippen molar-refractivity contribution in [2.45, 2.75) is 0 Å². The molecule has 0 spiro atoms. The molecule has 2 rings (SSSR count). The van der Waals surface area contributed by atoms with Crippen LogP contribution in [0.15, 0.2) is 34.7 Å². The van der Waals surface area contributed by atoms with Crippen LogP contribution in [0.2, 0.25) is 0 Å². The van der Waals surface area contributed by atoms with Crippen molar-refractivity contribution in [3.8, 4) is 11.9 Å². The zero-order valence-corrected chi connectivity index (χ0v) is 9.78. The van der Waals surface area contributed by atoms with Crippen LogP contribution >= 0.6 is 11.3 Å². The predicted octanol–water partition coefficient (Wildman–Crippen LogP) is 2.33. The molecule has 0 aliphatic carbocycles. The van der Waals surface area contributed by atoms with Gasteiger partial charge in [-0.2, -0.15) is 15.3 Å². The lowest BCUT2D eigenvalue weighted by molar-refractivity contribution is 0.457. The smallest absolute Gasteiger partial charge is 0.222 e. The van der Waals surface area contributed by atoms with Crippen LogP contribution in [0.1, 0.15) is 5.01 Å². The van der Waals surface area contributed by atoms with E-state index in [4.69, 9.17) is 10.4 Å². The highest BCUT2D eigenvalue weighted by molar-refractivity contribution is 7.12. The van der Waals surface area contributed by atoms with Gasteiger partial charge in [0.05, 0.1) is 11.1 Å². The molecule has 18 heavy (non-hydrogen) atoms. The number of hydrogen-bond acceptors (Lipinski definition) is 6. The Labute approximate surface area is 106 Å². The van der Waals surface area contributed by atoms with Crippen LogP contribution in [0, 0.1) is 17.1 Å². The normalized spacial score (nSPS) is 11.0. The second-order valence-electron chi connectivity index (χ2n) is 3.20. The fraction of sp³-hybridized carbons (Fsp3) is 0. The summed E-state index contributed by atoms with van der Waals surface area (Å²) in [6.45, 7) is 0. The number of aromatic hydroxyl groups is 1. The number of aromatic nitrogens is 1. The van der Waals surface area contributed by atoms with Crippen molar-refractivity contribution in [1.29, 1.82) is 5.26 Å². The summed E-state index contributed by atoms with van der Waals surface area (Å²) in [7, 11) is 0. The van der Waals surface area contributed by atoms with Crippen LogP contribution in [0.3, 0.4) is 0 Å². The first-order valence-corrected chi connectivity index (χ1v) is 5.71. The van der Waals surface area contributed by atoms with Gasteiger partial charge in [-0.05, 0) is 24.3 Å². The maximum Gasteiger partial charge on any atom is 0.222 e. The van der Waals surface area contributed by atoms with Crippen molar-refractivity contribution in [3.63, 3.8) is 0 Å². The number of nitrogens with one attached hydrogen (secondary N) is 1. The second kappa shape index (κ2) is 5.25. The van der Waals surface area contributed by atoms with Crippen LogP contribution in [-0.2, 0) is 0 Å². The number of hydrazone groups is 1. The third kappa shape index (κ3) is 2.81. The fourth-order valence-electron chi connectivity index (χ4n) is 1.14. The molecular formula is C11H7FN4OS. The van der Waals surface area contributed by atoms with Gasteiger partial charge in [0, 0.05) is 0 Å². The molecule has 0 saturated carbocycles. The number of hydrogen-bond donors (Lipinski definition) is 2. The largest absolute Gasteiger partial charge is 0.493 e. The Morgan fingerprint density at radius 1 is 1.44 bits per heavy atom. The highest BCUT2D eigenvalue weighted by Gasteiger charge is 2.08. The molecule has 0 atom stereocenters. The zero-order chi connectivity index (χ0) is 13.0. The number of nitriles is 1. The van der Waals surface area contributed by atoms with Crippen LogP contribution in [0.4, 0.5) is 10.1 Å². The van der Waals surface area contributed by atoms with Gasteiger partial charge in [-0.1, -0.05) is 0 Å². The zero-order valence-electron chi connectivity index (χ0n) is 8.96. The Bertz CT molecular complexity index is 615. The van der Waals surface area contributed by atoms with E-state index in [1.807, 2.05) is 6.07 Å². The van der Waals surface area contributed by atoms with Gasteiger partial charge in [0.25, 0.3) is 0 Å². The van der Waals surface area contributed by atoms with E-state index in [1.54, 1.807) is 0 Å². The predicted molar refractivity (Wildman–Crippen MR) is 66.0 cm³/mol. The summed E-state index contributed by atoms with van der Waals surface area (Å²) in [6, 6.07) is 7.40. The SMILES string of the molecule is N#C/C(=N/Nc1ccc(F)cc1)c1nc(O)cs1. The summed E-state index contributed by atoms with van der Waals surface area (Å²) in [5.74, 6) is -0.505. The summed E-state index contributed by atoms with van der Waals surface area (Å²) in [5, 5.41) is 23.6. The first-order chi connectivity index (χ1) is 8.69.